The standard InChI is InChI=1S/C17H18ClNO4/c18-14-5-1-2-6-15(14)23-13-4-3-8-19(11-13)10-12-7-9-22-16(12)17(20)21/h1-2,5-7,9,13H,3-4,8,10-11H2,(H,20,21). The van der Waals surface area contributed by atoms with E-state index in [0.717, 1.165) is 25.9 Å². The van der Waals surface area contributed by atoms with Crippen LogP contribution in [-0.2, 0) is 6.54 Å². The van der Waals surface area contributed by atoms with Crippen LogP contribution in [0.2, 0.25) is 5.02 Å². The number of hydrogen-bond acceptors (Lipinski definition) is 4. The quantitative estimate of drug-likeness (QED) is 0.903. The Morgan fingerprint density at radius 1 is 1.39 bits per heavy atom. The zero-order valence-electron chi connectivity index (χ0n) is 12.6. The second kappa shape index (κ2) is 7.06. The maximum Gasteiger partial charge on any atom is 0.372 e. The molecule has 2 aromatic rings. The minimum atomic E-state index is -1.04. The van der Waals surface area contributed by atoms with Gasteiger partial charge in [0.25, 0.3) is 0 Å². The Bertz CT molecular complexity index is 685. The van der Waals surface area contributed by atoms with E-state index in [4.69, 9.17) is 25.9 Å². The van der Waals surface area contributed by atoms with Crippen LogP contribution in [0.4, 0.5) is 0 Å². The minimum Gasteiger partial charge on any atom is -0.488 e. The van der Waals surface area contributed by atoms with Crippen molar-refractivity contribution in [3.8, 4) is 5.75 Å². The molecule has 6 heteroatoms. The number of hydrogen-bond donors (Lipinski definition) is 1. The summed E-state index contributed by atoms with van der Waals surface area (Å²) < 4.78 is 11.0. The van der Waals surface area contributed by atoms with Crippen LogP contribution in [0.3, 0.4) is 0 Å². The van der Waals surface area contributed by atoms with Crippen LogP contribution in [0.1, 0.15) is 29.0 Å². The summed E-state index contributed by atoms with van der Waals surface area (Å²) in [6.07, 6.45) is 3.41. The minimum absolute atomic E-state index is 0.0131. The second-order valence-corrected chi connectivity index (χ2v) is 6.03. The molecule has 1 aromatic carbocycles. The molecular formula is C17H18ClNO4. The summed E-state index contributed by atoms with van der Waals surface area (Å²) in [5, 5.41) is 9.71. The van der Waals surface area contributed by atoms with E-state index in [-0.39, 0.29) is 11.9 Å². The van der Waals surface area contributed by atoms with Gasteiger partial charge in [-0.25, -0.2) is 4.79 Å². The molecule has 23 heavy (non-hydrogen) atoms. The lowest BCUT2D eigenvalue weighted by atomic mass is 10.1. The van der Waals surface area contributed by atoms with E-state index in [2.05, 4.69) is 4.90 Å². The monoisotopic (exact) mass is 335 g/mol. The van der Waals surface area contributed by atoms with Crippen LogP contribution in [-0.4, -0.2) is 35.2 Å². The zero-order chi connectivity index (χ0) is 16.2. The van der Waals surface area contributed by atoms with E-state index in [9.17, 15) is 4.79 Å². The average Bonchev–Trinajstić information content (AvgIpc) is 2.98. The molecule has 122 valence electrons. The highest BCUT2D eigenvalue weighted by atomic mass is 35.5. The van der Waals surface area contributed by atoms with Crippen molar-refractivity contribution in [3.63, 3.8) is 0 Å². The number of nitrogens with zero attached hydrogens (tertiary/aromatic N) is 1. The van der Waals surface area contributed by atoms with Crippen molar-refractivity contribution in [1.82, 2.24) is 4.90 Å². The summed E-state index contributed by atoms with van der Waals surface area (Å²) >= 11 is 6.13. The molecular weight excluding hydrogens is 318 g/mol. The summed E-state index contributed by atoms with van der Waals surface area (Å²) in [6.45, 7) is 2.18. The first-order valence-corrected chi connectivity index (χ1v) is 7.94. The van der Waals surface area contributed by atoms with E-state index in [1.807, 2.05) is 24.3 Å². The third-order valence-corrected chi connectivity index (χ3v) is 4.24. The first kappa shape index (κ1) is 15.9. The van der Waals surface area contributed by atoms with Crippen molar-refractivity contribution in [2.75, 3.05) is 13.1 Å². The highest BCUT2D eigenvalue weighted by Crippen LogP contribution is 2.27. The molecule has 1 aliphatic rings. The molecule has 5 nitrogen and oxygen atoms in total. The topological polar surface area (TPSA) is 62.9 Å². The van der Waals surface area contributed by atoms with Gasteiger partial charge in [0.05, 0.1) is 11.3 Å². The molecule has 1 atom stereocenters. The third-order valence-electron chi connectivity index (χ3n) is 3.93. The Balaban J connectivity index is 1.63. The molecule has 0 aliphatic carbocycles. The fourth-order valence-electron chi connectivity index (χ4n) is 2.86. The van der Waals surface area contributed by atoms with Gasteiger partial charge >= 0.3 is 5.97 Å². The number of furan rings is 1. The lowest BCUT2D eigenvalue weighted by Gasteiger charge is -2.32. The van der Waals surface area contributed by atoms with Gasteiger partial charge in [0.15, 0.2) is 0 Å². The van der Waals surface area contributed by atoms with Gasteiger partial charge in [-0.2, -0.15) is 0 Å². The molecule has 0 amide bonds. The first-order chi connectivity index (χ1) is 11.1. The number of aromatic carboxylic acids is 1. The Kier molecular flexibility index (Phi) is 4.88. The molecule has 1 aliphatic heterocycles. The molecule has 3 rings (SSSR count). The molecule has 1 N–H and O–H groups in total. The number of carboxylic acids is 1. The van der Waals surface area contributed by atoms with Gasteiger partial charge in [-0.15, -0.1) is 0 Å². The van der Waals surface area contributed by atoms with Gasteiger partial charge in [0, 0.05) is 18.7 Å². The van der Waals surface area contributed by atoms with E-state index in [0.29, 0.717) is 22.9 Å². The van der Waals surface area contributed by atoms with Gasteiger partial charge in [0.1, 0.15) is 11.9 Å². The highest BCUT2D eigenvalue weighted by molar-refractivity contribution is 6.32. The lowest BCUT2D eigenvalue weighted by Crippen LogP contribution is -2.40. The van der Waals surface area contributed by atoms with Crippen molar-refractivity contribution in [3.05, 3.63) is 52.9 Å². The first-order valence-electron chi connectivity index (χ1n) is 7.56. The van der Waals surface area contributed by atoms with Crippen LogP contribution >= 0.6 is 11.6 Å². The molecule has 0 radical (unpaired) electrons. The molecule has 0 bridgehead atoms. The second-order valence-electron chi connectivity index (χ2n) is 5.63. The summed E-state index contributed by atoms with van der Waals surface area (Å²) in [5.74, 6) is -0.333. The number of benzene rings is 1. The Morgan fingerprint density at radius 3 is 3.00 bits per heavy atom. The van der Waals surface area contributed by atoms with Crippen LogP contribution in [0.15, 0.2) is 41.0 Å². The molecule has 0 spiro atoms. The Hall–Kier alpha value is -1.98. The van der Waals surface area contributed by atoms with Gasteiger partial charge in [-0.05, 0) is 37.6 Å². The summed E-state index contributed by atoms with van der Waals surface area (Å²) in [4.78, 5) is 13.3. The average molecular weight is 336 g/mol. The number of piperidine rings is 1. The summed E-state index contributed by atoms with van der Waals surface area (Å²) in [6, 6.07) is 9.14. The van der Waals surface area contributed by atoms with Crippen molar-refractivity contribution in [2.24, 2.45) is 0 Å². The molecule has 1 saturated heterocycles. The molecule has 2 heterocycles. The van der Waals surface area contributed by atoms with Crippen molar-refractivity contribution >= 4 is 17.6 Å². The van der Waals surface area contributed by atoms with Crippen LogP contribution in [0, 0.1) is 0 Å². The number of carboxylic acid groups (broad SMARTS) is 1. The zero-order valence-corrected chi connectivity index (χ0v) is 13.3. The lowest BCUT2D eigenvalue weighted by molar-refractivity contribution is 0.0652. The van der Waals surface area contributed by atoms with E-state index in [1.165, 1.54) is 6.26 Å². The van der Waals surface area contributed by atoms with Crippen molar-refractivity contribution in [1.29, 1.82) is 0 Å². The number of halogens is 1. The smallest absolute Gasteiger partial charge is 0.372 e. The molecule has 0 saturated carbocycles. The van der Waals surface area contributed by atoms with Gasteiger partial charge in [-0.3, -0.25) is 4.90 Å². The highest BCUT2D eigenvalue weighted by Gasteiger charge is 2.24. The number of likely N-dealkylation sites (tertiary alicyclic amines) is 1. The number of rotatable bonds is 5. The summed E-state index contributed by atoms with van der Waals surface area (Å²) in [5.41, 5.74) is 0.691. The largest absolute Gasteiger partial charge is 0.488 e. The normalized spacial score (nSPS) is 18.7. The van der Waals surface area contributed by atoms with E-state index in [1.54, 1.807) is 6.07 Å². The Labute approximate surface area is 139 Å². The van der Waals surface area contributed by atoms with Gasteiger partial charge in [-0.1, -0.05) is 23.7 Å². The maximum atomic E-state index is 11.1. The van der Waals surface area contributed by atoms with Crippen LogP contribution in [0.25, 0.3) is 0 Å². The predicted octanol–water partition coefficient (Wildman–Crippen LogP) is 3.67. The maximum absolute atomic E-state index is 11.1. The van der Waals surface area contributed by atoms with Crippen LogP contribution < -0.4 is 4.74 Å². The number of carbonyl (C=O) groups is 1. The number of ether oxygens (including phenoxy) is 1. The van der Waals surface area contributed by atoms with Crippen molar-refractivity contribution in [2.45, 2.75) is 25.5 Å². The third kappa shape index (κ3) is 3.86. The van der Waals surface area contributed by atoms with Gasteiger partial charge in [0.2, 0.25) is 5.76 Å². The predicted molar refractivity (Wildman–Crippen MR) is 86.0 cm³/mol. The van der Waals surface area contributed by atoms with Crippen LogP contribution in [0.5, 0.6) is 5.75 Å². The van der Waals surface area contributed by atoms with E-state index >= 15 is 0 Å². The van der Waals surface area contributed by atoms with Gasteiger partial charge < -0.3 is 14.3 Å². The fraction of sp³-hybridized carbons (Fsp3) is 0.353. The molecule has 1 aromatic heterocycles. The molecule has 1 fully saturated rings. The summed E-state index contributed by atoms with van der Waals surface area (Å²) in [7, 11) is 0. The van der Waals surface area contributed by atoms with Crippen molar-refractivity contribution < 1.29 is 19.1 Å². The van der Waals surface area contributed by atoms with E-state index < -0.39 is 5.97 Å². The fourth-order valence-corrected chi connectivity index (χ4v) is 3.04. The SMILES string of the molecule is O=C(O)c1occc1CN1CCCC(Oc2ccccc2Cl)C1. The Morgan fingerprint density at radius 2 is 2.22 bits per heavy atom. The molecule has 1 unspecified atom stereocenters. The number of para-hydroxylation sites is 1.